The minimum absolute atomic E-state index is 0.0598. The zero-order valence-corrected chi connectivity index (χ0v) is 37.8. The molecule has 0 spiro atoms. The van der Waals surface area contributed by atoms with Crippen LogP contribution < -0.4 is 10.1 Å². The van der Waals surface area contributed by atoms with Gasteiger partial charge in [0.2, 0.25) is 0 Å². The Morgan fingerprint density at radius 2 is 1.66 bits per heavy atom. The van der Waals surface area contributed by atoms with Crippen LogP contribution in [0.1, 0.15) is 83.3 Å². The molecule has 340 valence electrons. The van der Waals surface area contributed by atoms with Gasteiger partial charge in [-0.3, -0.25) is 19.4 Å². The fraction of sp³-hybridized carbons (Fsp3) is 0.565. The van der Waals surface area contributed by atoms with E-state index >= 15 is 0 Å². The fourth-order valence-electron chi connectivity index (χ4n) is 8.83. The van der Waals surface area contributed by atoms with Crippen LogP contribution in [0.5, 0.6) is 23.0 Å². The van der Waals surface area contributed by atoms with Crippen LogP contribution in [0.25, 0.3) is 10.8 Å². The van der Waals surface area contributed by atoms with E-state index in [0.717, 1.165) is 30.5 Å². The third-order valence-corrected chi connectivity index (χ3v) is 12.9. The highest BCUT2D eigenvalue weighted by atomic mass is 16.7. The number of hydrazone groups is 1. The minimum atomic E-state index is -2.05. The third-order valence-electron chi connectivity index (χ3n) is 12.9. The molecule has 6 rings (SSSR count). The van der Waals surface area contributed by atoms with E-state index in [0.29, 0.717) is 13.1 Å². The molecule has 1 fully saturated rings. The van der Waals surface area contributed by atoms with Gasteiger partial charge in [0.25, 0.3) is 11.7 Å². The number of rotatable bonds is 6. The Bertz CT molecular complexity index is 2160. The summed E-state index contributed by atoms with van der Waals surface area (Å²) in [5, 5.41) is 67.4. The van der Waals surface area contributed by atoms with Gasteiger partial charge in [0.1, 0.15) is 23.4 Å². The first kappa shape index (κ1) is 47.9. The Morgan fingerprint density at radius 1 is 1.00 bits per heavy atom. The molecule has 6 N–H and O–H groups in total. The van der Waals surface area contributed by atoms with Crippen molar-refractivity contribution >= 4 is 40.3 Å². The van der Waals surface area contributed by atoms with Crippen molar-refractivity contribution < 1.29 is 63.3 Å². The Hall–Kier alpha value is -5.16. The van der Waals surface area contributed by atoms with Crippen molar-refractivity contribution in [3.05, 3.63) is 52.8 Å². The normalized spacial score (nSPS) is 31.6. The molecule has 9 atom stereocenters. The van der Waals surface area contributed by atoms with Gasteiger partial charge in [-0.2, -0.15) is 5.10 Å². The molecular weight excluding hydrogens is 801 g/mol. The lowest BCUT2D eigenvalue weighted by Crippen LogP contribution is -2.56. The van der Waals surface area contributed by atoms with Gasteiger partial charge in [-0.25, -0.2) is 0 Å². The number of amides is 1. The van der Waals surface area contributed by atoms with Crippen LogP contribution >= 0.6 is 0 Å². The third kappa shape index (κ3) is 9.43. The summed E-state index contributed by atoms with van der Waals surface area (Å²) < 4.78 is 24.6. The van der Waals surface area contributed by atoms with E-state index in [1.807, 2.05) is 5.01 Å². The molecule has 2 aromatic carbocycles. The van der Waals surface area contributed by atoms with E-state index in [9.17, 15) is 39.9 Å². The largest absolute Gasteiger partial charge is 0.507 e. The number of ketones is 1. The molecular formula is C46H65N4O12+. The summed E-state index contributed by atoms with van der Waals surface area (Å²) in [6.45, 7) is 18.6. The Kier molecular flexibility index (Phi) is 14.7. The molecule has 4 aliphatic rings. The Labute approximate surface area is 363 Å². The van der Waals surface area contributed by atoms with Crippen molar-refractivity contribution in [3.63, 3.8) is 0 Å². The van der Waals surface area contributed by atoms with E-state index in [1.165, 1.54) is 59.4 Å². The van der Waals surface area contributed by atoms with Gasteiger partial charge in [-0.15, -0.1) is 0 Å². The van der Waals surface area contributed by atoms with Crippen LogP contribution in [0, 0.1) is 30.6 Å². The summed E-state index contributed by atoms with van der Waals surface area (Å²) in [6.07, 6.45) is 5.96. The van der Waals surface area contributed by atoms with E-state index in [4.69, 9.17) is 18.9 Å². The quantitative estimate of drug-likeness (QED) is 0.0720. The highest BCUT2D eigenvalue weighted by Gasteiger charge is 2.50. The van der Waals surface area contributed by atoms with Gasteiger partial charge in [-0.1, -0.05) is 52.8 Å². The average molecular weight is 866 g/mol. The van der Waals surface area contributed by atoms with Crippen LogP contribution in [0.2, 0.25) is 0 Å². The van der Waals surface area contributed by atoms with E-state index in [2.05, 4.69) is 24.4 Å². The number of benzene rings is 2. The lowest BCUT2D eigenvalue weighted by Gasteiger charge is -2.41. The maximum Gasteiger partial charge on any atom is 0.312 e. The number of quaternary nitrogens is 1. The lowest BCUT2D eigenvalue weighted by atomic mass is 9.78. The highest BCUT2D eigenvalue weighted by Crippen LogP contribution is 2.55. The van der Waals surface area contributed by atoms with Crippen molar-refractivity contribution in [1.82, 2.24) is 5.01 Å². The van der Waals surface area contributed by atoms with Crippen LogP contribution in [-0.2, 0) is 23.8 Å². The molecule has 1 amide bonds. The predicted octanol–water partition coefficient (Wildman–Crippen LogP) is 5.26. The second-order valence-electron chi connectivity index (χ2n) is 17.6. The van der Waals surface area contributed by atoms with E-state index in [1.54, 1.807) is 39.8 Å². The average Bonchev–Trinajstić information content (AvgIpc) is 3.49. The second kappa shape index (κ2) is 19.1. The number of carbonyl (C=O) groups is 3. The molecule has 62 heavy (non-hydrogen) atoms. The standard InChI is InChI=1S/C46H64N4O12/c1-12-19-50(10)20-17-49(18-21-50)47-23-31-36-41(56)34-33(40(31)55)35-43(29(7)39(34)54)62-46(9,44(35)57)60-22-16-32(59-11)26(4)42(61-30(8)51)28(6)38(53)27(5)37(52)24(2)14-13-15-25(3)45(58)48-36/h13-16,22-24,26-28,32,37-38,42,52-53H,12,17-21H2,1-11H3,(H3-,47,48,54,55,56,57,58)/p+1/b14-13+,22-16+,25-15-. The molecule has 16 heteroatoms. The van der Waals surface area contributed by atoms with Gasteiger partial charge in [-0.05, 0) is 26.3 Å². The first-order valence-electron chi connectivity index (χ1n) is 21.3. The lowest BCUT2D eigenvalue weighted by molar-refractivity contribution is -0.913. The maximum absolute atomic E-state index is 14.5. The first-order chi connectivity index (χ1) is 29.1. The van der Waals surface area contributed by atoms with Gasteiger partial charge in [0, 0.05) is 61.2 Å². The number of hydrogen-bond acceptors (Lipinski definition) is 14. The summed E-state index contributed by atoms with van der Waals surface area (Å²) >= 11 is 0. The van der Waals surface area contributed by atoms with E-state index < -0.39 is 88.8 Å². The summed E-state index contributed by atoms with van der Waals surface area (Å²) in [6, 6.07) is 0. The smallest absolute Gasteiger partial charge is 0.312 e. The fourth-order valence-corrected chi connectivity index (χ4v) is 8.83. The highest BCUT2D eigenvalue weighted by molar-refractivity contribution is 6.23. The topological polar surface area (TPSA) is 217 Å². The van der Waals surface area contributed by atoms with E-state index in [-0.39, 0.29) is 44.5 Å². The first-order valence-corrected chi connectivity index (χ1v) is 21.3. The number of phenolic OH excluding ortho intramolecular Hbond substituents is 3. The van der Waals surface area contributed by atoms with Crippen LogP contribution in [0.15, 0.2) is 41.2 Å². The zero-order valence-electron chi connectivity index (χ0n) is 37.8. The van der Waals surface area contributed by atoms with Crippen LogP contribution in [-0.4, -0.2) is 136 Å². The number of phenols is 3. The number of carbonyl (C=O) groups excluding carboxylic acids is 3. The van der Waals surface area contributed by atoms with Crippen molar-refractivity contribution in [3.8, 4) is 23.0 Å². The molecule has 1 saturated heterocycles. The number of anilines is 1. The zero-order chi connectivity index (χ0) is 46.0. The number of fused-ring (bicyclic) bond motifs is 14. The molecule has 0 radical (unpaired) electrons. The number of allylic oxidation sites excluding steroid dienone is 2. The molecule has 4 heterocycles. The number of likely N-dealkylation sites (N-methyl/N-ethyl adjacent to an activating group) is 1. The predicted molar refractivity (Wildman–Crippen MR) is 234 cm³/mol. The Balaban J connectivity index is 1.69. The molecule has 0 saturated carbocycles. The number of Topliss-reactive ketones (excluding diaryl/α,β-unsaturated/α-hetero) is 1. The summed E-state index contributed by atoms with van der Waals surface area (Å²) in [5.74, 6) is -8.31. The maximum atomic E-state index is 14.5. The van der Waals surface area contributed by atoms with Crippen molar-refractivity contribution in [2.45, 2.75) is 98.9 Å². The number of aliphatic hydroxyl groups is 2. The SMILES string of the molecule is CCC[N+]1(C)CCN(/N=C\c2c3c(O)c4c(O)c(C)c5c(c4c2O)C(=O)C(C)(O/C=C/C(OC)C(C)C(OC(C)=O)C(C)C(O)C(C)C(O)C(C)/C=C/C=C(/C)C(=O)N3)O5)CC1. The second-order valence-corrected chi connectivity index (χ2v) is 17.6. The Morgan fingerprint density at radius 3 is 2.27 bits per heavy atom. The molecule has 2 aromatic rings. The van der Waals surface area contributed by atoms with Gasteiger partial charge in [0.05, 0.1) is 92.8 Å². The summed E-state index contributed by atoms with van der Waals surface area (Å²) in [5.41, 5.74) is -0.316. The molecule has 16 nitrogen and oxygen atoms in total. The summed E-state index contributed by atoms with van der Waals surface area (Å²) in [7, 11) is 3.64. The van der Waals surface area contributed by atoms with Crippen molar-refractivity contribution in [2.75, 3.05) is 52.2 Å². The van der Waals surface area contributed by atoms with Crippen LogP contribution in [0.4, 0.5) is 5.69 Å². The minimum Gasteiger partial charge on any atom is -0.507 e. The number of aliphatic hydroxyl groups excluding tert-OH is 2. The van der Waals surface area contributed by atoms with Crippen LogP contribution in [0.3, 0.4) is 0 Å². The summed E-state index contributed by atoms with van der Waals surface area (Å²) in [4.78, 5) is 40.7. The molecule has 0 aromatic heterocycles. The molecule has 9 unspecified atom stereocenters. The van der Waals surface area contributed by atoms with Gasteiger partial charge >= 0.3 is 11.8 Å². The molecule has 0 aliphatic carbocycles. The number of piperazine rings is 1. The number of nitrogens with zero attached hydrogens (tertiary/aromatic N) is 3. The molecule has 4 aliphatic heterocycles. The number of hydrogen-bond donors (Lipinski definition) is 6. The van der Waals surface area contributed by atoms with Crippen molar-refractivity contribution in [2.24, 2.45) is 28.8 Å². The monoisotopic (exact) mass is 865 g/mol. The number of aromatic hydroxyl groups is 3. The number of nitrogens with one attached hydrogen (secondary N) is 1. The molecule has 5 bridgehead atoms. The number of methoxy groups -OCH3 is 1. The van der Waals surface area contributed by atoms with Gasteiger partial charge < -0.3 is 54.3 Å². The van der Waals surface area contributed by atoms with Crippen molar-refractivity contribution in [1.29, 1.82) is 0 Å². The number of esters is 1. The number of ether oxygens (including phenoxy) is 4. The van der Waals surface area contributed by atoms with Gasteiger partial charge in [0.15, 0.2) is 5.75 Å².